The van der Waals surface area contributed by atoms with E-state index >= 15 is 0 Å². The maximum absolute atomic E-state index is 12.8. The molecule has 0 aliphatic carbocycles. The number of β-amino-alcohol motifs (C(OH)–C–C–N with tert-alkyl or cyclic N) is 1. The van der Waals surface area contributed by atoms with Crippen LogP contribution in [0.1, 0.15) is 24.0 Å². The number of rotatable bonds is 5. The second-order valence-corrected chi connectivity index (χ2v) is 7.98. The Labute approximate surface area is 171 Å². The molecule has 0 aromatic heterocycles. The average Bonchev–Trinajstić information content (AvgIpc) is 3.20. The molecule has 6 nitrogen and oxygen atoms in total. The van der Waals surface area contributed by atoms with Crippen LogP contribution in [-0.2, 0) is 16.8 Å². The lowest BCUT2D eigenvalue weighted by Gasteiger charge is -2.49. The third-order valence-electron chi connectivity index (χ3n) is 6.20. The molecule has 1 fully saturated rings. The number of piperidine rings is 1. The number of hydrogen-bond acceptors (Lipinski definition) is 5. The number of aryl methyl sites for hydroxylation is 1. The van der Waals surface area contributed by atoms with Gasteiger partial charge in [0.15, 0.2) is 11.5 Å². The Hall–Kier alpha value is -2.57. The topological polar surface area (TPSA) is 62.2 Å². The molecular formula is C23H28N2O4. The summed E-state index contributed by atoms with van der Waals surface area (Å²) >= 11 is 0. The van der Waals surface area contributed by atoms with E-state index in [0.717, 1.165) is 22.6 Å². The highest BCUT2D eigenvalue weighted by Crippen LogP contribution is 2.38. The molecule has 2 aliphatic heterocycles. The third-order valence-corrected chi connectivity index (χ3v) is 6.20. The lowest BCUT2D eigenvalue weighted by molar-refractivity contribution is -0.140. The van der Waals surface area contributed by atoms with Crippen molar-refractivity contribution in [3.63, 3.8) is 0 Å². The maximum atomic E-state index is 12.8. The summed E-state index contributed by atoms with van der Waals surface area (Å²) in [4.78, 5) is 16.7. The second-order valence-electron chi connectivity index (χ2n) is 7.98. The van der Waals surface area contributed by atoms with E-state index < -0.39 is 11.6 Å². The van der Waals surface area contributed by atoms with E-state index in [-0.39, 0.29) is 12.7 Å². The van der Waals surface area contributed by atoms with Crippen LogP contribution >= 0.6 is 0 Å². The van der Waals surface area contributed by atoms with Gasteiger partial charge >= 0.3 is 0 Å². The highest BCUT2D eigenvalue weighted by atomic mass is 16.7. The average molecular weight is 396 g/mol. The zero-order valence-corrected chi connectivity index (χ0v) is 17.0. The Morgan fingerprint density at radius 1 is 1.17 bits per heavy atom. The molecule has 0 radical (unpaired) electrons. The van der Waals surface area contributed by atoms with E-state index in [1.54, 1.807) is 4.90 Å². The van der Waals surface area contributed by atoms with Gasteiger partial charge in [0.25, 0.3) is 0 Å². The van der Waals surface area contributed by atoms with Crippen molar-refractivity contribution in [3.8, 4) is 11.5 Å². The molecular weight excluding hydrogens is 368 g/mol. The number of aliphatic hydroxyl groups excluding tert-OH is 1. The van der Waals surface area contributed by atoms with Crippen LogP contribution in [-0.4, -0.2) is 60.9 Å². The number of fused-ring (bicyclic) bond motifs is 1. The van der Waals surface area contributed by atoms with Crippen LogP contribution < -0.4 is 9.47 Å². The Bertz CT molecular complexity index is 870. The molecule has 1 saturated heterocycles. The zero-order chi connectivity index (χ0) is 20.4. The van der Waals surface area contributed by atoms with E-state index in [1.807, 2.05) is 50.5 Å². The number of amides is 1. The number of carbonyl (C=O) groups excluding carboxylic acids is 1. The Balaban J connectivity index is 1.40. The molecule has 2 heterocycles. The van der Waals surface area contributed by atoms with E-state index in [4.69, 9.17) is 9.47 Å². The highest BCUT2D eigenvalue weighted by Gasteiger charge is 2.46. The normalized spacial score (nSPS) is 23.4. The molecule has 1 N–H and O–H groups in total. The molecule has 2 aromatic rings. The zero-order valence-electron chi connectivity index (χ0n) is 17.0. The lowest BCUT2D eigenvalue weighted by atomic mass is 9.77. The van der Waals surface area contributed by atoms with Crippen molar-refractivity contribution >= 4 is 5.91 Å². The fourth-order valence-electron chi connectivity index (χ4n) is 4.50. The predicted molar refractivity (Wildman–Crippen MR) is 110 cm³/mol. The Morgan fingerprint density at radius 2 is 1.93 bits per heavy atom. The van der Waals surface area contributed by atoms with Crippen LogP contribution in [0.2, 0.25) is 0 Å². The molecule has 0 saturated carbocycles. The minimum atomic E-state index is -0.650. The van der Waals surface area contributed by atoms with Crippen LogP contribution in [0.25, 0.3) is 0 Å². The highest BCUT2D eigenvalue weighted by molar-refractivity contribution is 5.76. The molecule has 0 spiro atoms. The summed E-state index contributed by atoms with van der Waals surface area (Å²) in [5, 5.41) is 11.1. The van der Waals surface area contributed by atoms with Crippen molar-refractivity contribution in [1.29, 1.82) is 0 Å². The Kier molecular flexibility index (Phi) is 5.48. The summed E-state index contributed by atoms with van der Waals surface area (Å²) in [6, 6.07) is 15.9. The first-order valence-corrected chi connectivity index (χ1v) is 10.1. The molecule has 2 aromatic carbocycles. The molecule has 4 rings (SSSR count). The number of aliphatic hydroxyl groups is 1. The fraction of sp³-hybridized carbons (Fsp3) is 0.435. The van der Waals surface area contributed by atoms with Gasteiger partial charge in [-0.15, -0.1) is 0 Å². The first-order valence-electron chi connectivity index (χ1n) is 10.1. The standard InChI is InChI=1S/C23H28N2O4/c1-24(2)23(18-6-4-3-5-7-18)12-13-25(15-21(23)26)22(27)11-9-17-8-10-19-20(14-17)29-16-28-19/h3-8,10,14,21,26H,9,11-13,15-16H2,1-2H3/t21-,23+/m1/s1. The summed E-state index contributed by atoms with van der Waals surface area (Å²) in [7, 11) is 3.99. The van der Waals surface area contributed by atoms with Gasteiger partial charge in [-0.25, -0.2) is 0 Å². The smallest absolute Gasteiger partial charge is 0.231 e. The molecule has 0 unspecified atom stereocenters. The van der Waals surface area contributed by atoms with Crippen LogP contribution in [0.3, 0.4) is 0 Å². The number of carbonyl (C=O) groups is 1. The fourth-order valence-corrected chi connectivity index (χ4v) is 4.50. The monoisotopic (exact) mass is 396 g/mol. The van der Waals surface area contributed by atoms with Crippen molar-refractivity contribution in [1.82, 2.24) is 9.80 Å². The lowest BCUT2D eigenvalue weighted by Crippen LogP contribution is -2.60. The molecule has 2 aliphatic rings. The van der Waals surface area contributed by atoms with E-state index in [9.17, 15) is 9.90 Å². The molecule has 29 heavy (non-hydrogen) atoms. The quantitative estimate of drug-likeness (QED) is 0.841. The second kappa shape index (κ2) is 8.05. The Morgan fingerprint density at radius 3 is 2.66 bits per heavy atom. The van der Waals surface area contributed by atoms with Gasteiger partial charge in [0.1, 0.15) is 0 Å². The van der Waals surface area contributed by atoms with Crippen LogP contribution in [0.4, 0.5) is 0 Å². The van der Waals surface area contributed by atoms with Gasteiger partial charge in [-0.05, 0) is 50.2 Å². The minimum absolute atomic E-state index is 0.0714. The van der Waals surface area contributed by atoms with Crippen molar-refractivity contribution in [2.45, 2.75) is 30.9 Å². The van der Waals surface area contributed by atoms with Gasteiger partial charge in [0.05, 0.1) is 11.6 Å². The summed E-state index contributed by atoms with van der Waals surface area (Å²) in [6.45, 7) is 1.22. The summed E-state index contributed by atoms with van der Waals surface area (Å²) in [5.74, 6) is 1.56. The van der Waals surface area contributed by atoms with Crippen molar-refractivity contribution in [2.24, 2.45) is 0 Å². The number of likely N-dealkylation sites (N-methyl/N-ethyl adjacent to an activating group) is 1. The number of nitrogens with zero attached hydrogens (tertiary/aromatic N) is 2. The van der Waals surface area contributed by atoms with E-state index in [1.165, 1.54) is 0 Å². The molecule has 154 valence electrons. The largest absolute Gasteiger partial charge is 0.454 e. The molecule has 2 atom stereocenters. The predicted octanol–water partition coefficient (Wildman–Crippen LogP) is 2.40. The van der Waals surface area contributed by atoms with Gasteiger partial charge in [-0.1, -0.05) is 36.4 Å². The number of ether oxygens (including phenoxy) is 2. The van der Waals surface area contributed by atoms with Crippen molar-refractivity contribution in [3.05, 3.63) is 59.7 Å². The number of benzene rings is 2. The molecule has 6 heteroatoms. The van der Waals surface area contributed by atoms with Gasteiger partial charge < -0.3 is 19.5 Å². The third kappa shape index (κ3) is 3.70. The minimum Gasteiger partial charge on any atom is -0.454 e. The van der Waals surface area contributed by atoms with E-state index in [2.05, 4.69) is 17.0 Å². The van der Waals surface area contributed by atoms with Crippen molar-refractivity contribution in [2.75, 3.05) is 34.0 Å². The van der Waals surface area contributed by atoms with Gasteiger partial charge in [0.2, 0.25) is 12.7 Å². The first-order chi connectivity index (χ1) is 14.0. The number of likely N-dealkylation sites (tertiary alicyclic amines) is 1. The maximum Gasteiger partial charge on any atom is 0.231 e. The first kappa shape index (κ1) is 19.7. The molecule has 0 bridgehead atoms. The van der Waals surface area contributed by atoms with Crippen molar-refractivity contribution < 1.29 is 19.4 Å². The van der Waals surface area contributed by atoms with Gasteiger partial charge in [-0.3, -0.25) is 9.69 Å². The summed E-state index contributed by atoms with van der Waals surface area (Å²) in [5.41, 5.74) is 1.66. The summed E-state index contributed by atoms with van der Waals surface area (Å²) in [6.07, 6.45) is 1.09. The number of hydrogen-bond donors (Lipinski definition) is 1. The van der Waals surface area contributed by atoms with Gasteiger partial charge in [0, 0.05) is 19.5 Å². The van der Waals surface area contributed by atoms with E-state index in [0.29, 0.717) is 32.4 Å². The summed E-state index contributed by atoms with van der Waals surface area (Å²) < 4.78 is 10.7. The molecule has 1 amide bonds. The van der Waals surface area contributed by atoms with Crippen LogP contribution in [0.5, 0.6) is 11.5 Å². The van der Waals surface area contributed by atoms with Crippen LogP contribution in [0, 0.1) is 0 Å². The van der Waals surface area contributed by atoms with Crippen LogP contribution in [0.15, 0.2) is 48.5 Å². The SMILES string of the molecule is CN(C)[C@]1(c2ccccc2)CCN(C(=O)CCc2ccc3c(c2)OCO3)C[C@H]1O. The van der Waals surface area contributed by atoms with Gasteiger partial charge in [-0.2, -0.15) is 0 Å².